The van der Waals surface area contributed by atoms with Crippen LogP contribution in [-0.4, -0.2) is 11.6 Å². The van der Waals surface area contributed by atoms with Crippen LogP contribution in [0.2, 0.25) is 0 Å². The number of terminal acetylenes is 1. The molecular formula is C30H17F3N2O. The third-order valence-electron chi connectivity index (χ3n) is 5.95. The fourth-order valence-corrected chi connectivity index (χ4v) is 4.23. The van der Waals surface area contributed by atoms with Gasteiger partial charge in [-0.25, -0.2) is 4.98 Å². The highest BCUT2D eigenvalue weighted by atomic mass is 19.4. The first kappa shape index (κ1) is 23.0. The van der Waals surface area contributed by atoms with Gasteiger partial charge in [-0.15, -0.1) is 6.42 Å². The van der Waals surface area contributed by atoms with Crippen molar-refractivity contribution in [2.24, 2.45) is 0 Å². The fourth-order valence-electron chi connectivity index (χ4n) is 4.23. The van der Waals surface area contributed by atoms with Crippen LogP contribution in [0.25, 0.3) is 43.9 Å². The van der Waals surface area contributed by atoms with Crippen molar-refractivity contribution >= 4 is 21.5 Å². The first-order chi connectivity index (χ1) is 17.4. The second kappa shape index (κ2) is 9.09. The fraction of sp³-hybridized carbons (Fsp3) is 0.0667. The lowest BCUT2D eigenvalue weighted by molar-refractivity contribution is -0.137. The van der Waals surface area contributed by atoms with Gasteiger partial charge in [0.1, 0.15) is 11.6 Å². The molecule has 1 heterocycles. The molecule has 5 rings (SSSR count). The first-order valence-electron chi connectivity index (χ1n) is 11.0. The molecule has 0 N–H and O–H groups in total. The maximum Gasteiger partial charge on any atom is 0.416 e. The van der Waals surface area contributed by atoms with Gasteiger partial charge in [-0.2, -0.15) is 18.4 Å². The number of fused-ring (bicyclic) bond motifs is 3. The molecule has 0 aliphatic rings. The summed E-state index contributed by atoms with van der Waals surface area (Å²) in [5.74, 6) is 2.38. The Kier molecular flexibility index (Phi) is 5.80. The minimum atomic E-state index is -4.46. The van der Waals surface area contributed by atoms with Crippen LogP contribution in [0.3, 0.4) is 0 Å². The molecule has 5 aromatic rings. The number of halogens is 3. The van der Waals surface area contributed by atoms with Crippen LogP contribution in [-0.2, 0) is 6.18 Å². The highest BCUT2D eigenvalue weighted by Gasteiger charge is 2.30. The van der Waals surface area contributed by atoms with Crippen molar-refractivity contribution in [3.8, 4) is 46.7 Å². The predicted molar refractivity (Wildman–Crippen MR) is 134 cm³/mol. The molecule has 0 fully saturated rings. The molecular weight excluding hydrogens is 461 g/mol. The van der Waals surface area contributed by atoms with Gasteiger partial charge in [0.05, 0.1) is 11.3 Å². The van der Waals surface area contributed by atoms with E-state index in [-0.39, 0.29) is 18.1 Å². The SMILES string of the molecule is C#CCOc1nc(-c2ccc3c(ccc4ccccc43)c2)cc(-c2ccc(C(F)(F)F)cc2)c1C#N. The van der Waals surface area contributed by atoms with E-state index in [1.54, 1.807) is 6.07 Å². The Balaban J connectivity index is 1.68. The number of benzene rings is 4. The molecule has 0 aliphatic carbocycles. The second-order valence-corrected chi connectivity index (χ2v) is 8.14. The Morgan fingerprint density at radius 3 is 2.25 bits per heavy atom. The van der Waals surface area contributed by atoms with E-state index in [0.717, 1.165) is 39.2 Å². The van der Waals surface area contributed by atoms with E-state index in [1.165, 1.54) is 12.1 Å². The monoisotopic (exact) mass is 478 g/mol. The Morgan fingerprint density at radius 2 is 1.53 bits per heavy atom. The van der Waals surface area contributed by atoms with Crippen LogP contribution < -0.4 is 4.74 Å². The Labute approximate surface area is 205 Å². The summed E-state index contributed by atoms with van der Waals surface area (Å²) >= 11 is 0. The maximum absolute atomic E-state index is 13.1. The Hall–Kier alpha value is -4.81. The molecule has 0 aliphatic heterocycles. The van der Waals surface area contributed by atoms with Gasteiger partial charge >= 0.3 is 6.18 Å². The van der Waals surface area contributed by atoms with E-state index in [4.69, 9.17) is 11.2 Å². The van der Waals surface area contributed by atoms with Gasteiger partial charge in [0.15, 0.2) is 6.61 Å². The van der Waals surface area contributed by atoms with Gasteiger partial charge in [0.2, 0.25) is 5.88 Å². The molecule has 0 saturated heterocycles. The van der Waals surface area contributed by atoms with Crippen LogP contribution in [0.15, 0.2) is 84.9 Å². The van der Waals surface area contributed by atoms with E-state index in [9.17, 15) is 18.4 Å². The van der Waals surface area contributed by atoms with E-state index in [0.29, 0.717) is 16.8 Å². The standard InChI is InChI=1S/C30H17F3N2O/c1-2-15-36-29-27(18-34)26(20-9-12-23(13-10-20)30(31,32)33)17-28(35-29)22-11-14-25-21(16-22)8-7-19-5-3-4-6-24(19)25/h1,3-14,16-17H,15H2. The maximum atomic E-state index is 13.1. The molecule has 0 amide bonds. The van der Waals surface area contributed by atoms with E-state index in [1.807, 2.05) is 42.5 Å². The lowest BCUT2D eigenvalue weighted by atomic mass is 9.96. The molecule has 0 spiro atoms. The average Bonchev–Trinajstić information content (AvgIpc) is 2.90. The summed E-state index contributed by atoms with van der Waals surface area (Å²) < 4.78 is 44.8. The van der Waals surface area contributed by atoms with Gasteiger partial charge in [-0.3, -0.25) is 0 Å². The Bertz CT molecular complexity index is 1690. The van der Waals surface area contributed by atoms with Gasteiger partial charge in [-0.1, -0.05) is 66.6 Å². The minimum Gasteiger partial charge on any atom is -0.464 e. The van der Waals surface area contributed by atoms with Crippen molar-refractivity contribution in [1.82, 2.24) is 4.98 Å². The number of pyridine rings is 1. The van der Waals surface area contributed by atoms with Crippen LogP contribution in [0, 0.1) is 23.7 Å². The highest BCUT2D eigenvalue weighted by molar-refractivity contribution is 6.08. The molecule has 3 nitrogen and oxygen atoms in total. The smallest absolute Gasteiger partial charge is 0.416 e. The number of nitrogens with zero attached hydrogens (tertiary/aromatic N) is 2. The van der Waals surface area contributed by atoms with Crippen molar-refractivity contribution in [2.75, 3.05) is 6.61 Å². The third kappa shape index (κ3) is 4.21. The van der Waals surface area contributed by atoms with Crippen molar-refractivity contribution < 1.29 is 17.9 Å². The molecule has 174 valence electrons. The van der Waals surface area contributed by atoms with Crippen LogP contribution in [0.1, 0.15) is 11.1 Å². The zero-order chi connectivity index (χ0) is 25.3. The van der Waals surface area contributed by atoms with Crippen molar-refractivity contribution in [3.63, 3.8) is 0 Å². The zero-order valence-electron chi connectivity index (χ0n) is 18.8. The largest absolute Gasteiger partial charge is 0.464 e. The lowest BCUT2D eigenvalue weighted by Crippen LogP contribution is -2.04. The van der Waals surface area contributed by atoms with Gasteiger partial charge in [-0.05, 0) is 51.4 Å². The molecule has 4 aromatic carbocycles. The van der Waals surface area contributed by atoms with E-state index < -0.39 is 11.7 Å². The number of hydrogen-bond acceptors (Lipinski definition) is 3. The summed E-state index contributed by atoms with van der Waals surface area (Å²) in [6, 6.07) is 26.5. The quantitative estimate of drug-likeness (QED) is 0.197. The number of alkyl halides is 3. The summed E-state index contributed by atoms with van der Waals surface area (Å²) in [7, 11) is 0. The molecule has 0 saturated carbocycles. The molecule has 6 heteroatoms. The number of aromatic nitrogens is 1. The first-order valence-corrected chi connectivity index (χ1v) is 11.0. The Morgan fingerprint density at radius 1 is 0.833 bits per heavy atom. The summed E-state index contributed by atoms with van der Waals surface area (Å²) in [5, 5.41) is 14.2. The molecule has 0 atom stereocenters. The molecule has 0 unspecified atom stereocenters. The number of hydrogen-bond donors (Lipinski definition) is 0. The van der Waals surface area contributed by atoms with Gasteiger partial charge < -0.3 is 4.74 Å². The molecule has 0 bridgehead atoms. The third-order valence-corrected chi connectivity index (χ3v) is 5.95. The minimum absolute atomic E-state index is 0.0291. The predicted octanol–water partition coefficient (Wildman–Crippen LogP) is 7.62. The van der Waals surface area contributed by atoms with Crippen molar-refractivity contribution in [1.29, 1.82) is 5.26 Å². The summed E-state index contributed by atoms with van der Waals surface area (Å²) in [5.41, 5.74) is 1.43. The van der Waals surface area contributed by atoms with E-state index >= 15 is 0 Å². The number of ether oxygens (including phenoxy) is 1. The molecule has 36 heavy (non-hydrogen) atoms. The van der Waals surface area contributed by atoms with Crippen molar-refractivity contribution in [3.05, 3.63) is 96.1 Å². The van der Waals surface area contributed by atoms with E-state index in [2.05, 4.69) is 29.1 Å². The number of rotatable bonds is 4. The number of nitriles is 1. The summed E-state index contributed by atoms with van der Waals surface area (Å²) in [4.78, 5) is 4.54. The molecule has 1 aromatic heterocycles. The lowest BCUT2D eigenvalue weighted by Gasteiger charge is -2.14. The normalized spacial score (nSPS) is 11.2. The van der Waals surface area contributed by atoms with Crippen LogP contribution in [0.5, 0.6) is 5.88 Å². The summed E-state index contributed by atoms with van der Waals surface area (Å²) in [6.45, 7) is -0.110. The van der Waals surface area contributed by atoms with Crippen LogP contribution >= 0.6 is 0 Å². The van der Waals surface area contributed by atoms with Crippen LogP contribution in [0.4, 0.5) is 13.2 Å². The molecule has 0 radical (unpaired) electrons. The average molecular weight is 478 g/mol. The zero-order valence-corrected chi connectivity index (χ0v) is 18.8. The summed E-state index contributed by atoms with van der Waals surface area (Å²) in [6.07, 6.45) is 0.877. The second-order valence-electron chi connectivity index (χ2n) is 8.14. The topological polar surface area (TPSA) is 45.9 Å². The van der Waals surface area contributed by atoms with Gasteiger partial charge in [0.25, 0.3) is 0 Å². The highest BCUT2D eigenvalue weighted by Crippen LogP contribution is 2.37. The van der Waals surface area contributed by atoms with Gasteiger partial charge in [0, 0.05) is 11.1 Å². The van der Waals surface area contributed by atoms with Crippen molar-refractivity contribution in [2.45, 2.75) is 6.18 Å².